The molecule has 1 N–H and O–H groups in total. The Morgan fingerprint density at radius 1 is 1.31 bits per heavy atom. The highest BCUT2D eigenvalue weighted by molar-refractivity contribution is 5.80. The minimum absolute atomic E-state index is 0.196. The molecule has 4 rings (SSSR count). The van der Waals surface area contributed by atoms with Crippen LogP contribution < -0.4 is 5.32 Å². The summed E-state index contributed by atoms with van der Waals surface area (Å²) in [6, 6.07) is 4.15. The average molecular weight is 357 g/mol. The Hall–Kier alpha value is -1.46. The summed E-state index contributed by atoms with van der Waals surface area (Å²) in [5.41, 5.74) is 1.46. The van der Waals surface area contributed by atoms with Crippen LogP contribution in [-0.4, -0.2) is 48.6 Å². The van der Waals surface area contributed by atoms with E-state index in [1.165, 1.54) is 18.4 Å². The summed E-state index contributed by atoms with van der Waals surface area (Å²) in [5.74, 6) is 1.09. The second kappa shape index (κ2) is 8.05. The summed E-state index contributed by atoms with van der Waals surface area (Å²) >= 11 is 0. The monoisotopic (exact) mass is 357 g/mol. The fourth-order valence-electron chi connectivity index (χ4n) is 5.22. The number of rotatable bonds is 5. The average Bonchev–Trinajstić information content (AvgIpc) is 3.28. The standard InChI is InChI=1S/C21H31N3O2/c25-20(23-14-17-5-11-26-12-6-17)19-4-1-7-21(19)8-10-24(16-21)15-18-3-2-9-22-13-18/h2-3,9,13,17,19H,1,4-8,10-12,14-16H2,(H,23,25)/t19-,21+/m0/s1. The van der Waals surface area contributed by atoms with Gasteiger partial charge in [-0.25, -0.2) is 0 Å². The van der Waals surface area contributed by atoms with Gasteiger partial charge in [-0.2, -0.15) is 0 Å². The first-order valence-electron chi connectivity index (χ1n) is 10.2. The first-order chi connectivity index (χ1) is 12.8. The van der Waals surface area contributed by atoms with Crippen molar-refractivity contribution in [2.24, 2.45) is 17.3 Å². The van der Waals surface area contributed by atoms with Crippen LogP contribution in [-0.2, 0) is 16.1 Å². The molecule has 5 nitrogen and oxygen atoms in total. The van der Waals surface area contributed by atoms with E-state index in [1.54, 1.807) is 0 Å². The van der Waals surface area contributed by atoms with Crippen molar-refractivity contribution in [1.29, 1.82) is 0 Å². The van der Waals surface area contributed by atoms with E-state index in [9.17, 15) is 4.79 Å². The van der Waals surface area contributed by atoms with E-state index in [2.05, 4.69) is 21.3 Å². The molecule has 1 spiro atoms. The van der Waals surface area contributed by atoms with E-state index in [0.29, 0.717) is 11.8 Å². The number of carbonyl (C=O) groups excluding carboxylic acids is 1. The molecule has 2 aliphatic heterocycles. The van der Waals surface area contributed by atoms with Crippen LogP contribution in [0.25, 0.3) is 0 Å². The Bertz CT molecular complexity index is 603. The minimum Gasteiger partial charge on any atom is -0.381 e. The van der Waals surface area contributed by atoms with E-state index >= 15 is 0 Å². The van der Waals surface area contributed by atoms with Gasteiger partial charge in [-0.1, -0.05) is 12.5 Å². The van der Waals surface area contributed by atoms with Crippen molar-refractivity contribution in [3.8, 4) is 0 Å². The quantitative estimate of drug-likeness (QED) is 0.880. The van der Waals surface area contributed by atoms with Crippen LogP contribution in [0.5, 0.6) is 0 Å². The zero-order valence-electron chi connectivity index (χ0n) is 15.7. The van der Waals surface area contributed by atoms with Crippen LogP contribution in [0.4, 0.5) is 0 Å². The van der Waals surface area contributed by atoms with Gasteiger partial charge in [-0.3, -0.25) is 14.7 Å². The predicted molar refractivity (Wildman–Crippen MR) is 100 cm³/mol. The highest BCUT2D eigenvalue weighted by Gasteiger charge is 2.50. The molecule has 0 aromatic carbocycles. The Kier molecular flexibility index (Phi) is 5.55. The maximum Gasteiger partial charge on any atom is 0.223 e. The molecule has 1 aliphatic carbocycles. The number of aromatic nitrogens is 1. The molecule has 3 fully saturated rings. The van der Waals surface area contributed by atoms with Crippen molar-refractivity contribution < 1.29 is 9.53 Å². The zero-order chi connectivity index (χ0) is 17.8. The molecule has 1 saturated carbocycles. The van der Waals surface area contributed by atoms with Gasteiger partial charge in [0, 0.05) is 51.2 Å². The highest BCUT2D eigenvalue weighted by Crippen LogP contribution is 2.50. The van der Waals surface area contributed by atoms with Crippen LogP contribution in [0.15, 0.2) is 24.5 Å². The lowest BCUT2D eigenvalue weighted by molar-refractivity contribution is -0.128. The maximum atomic E-state index is 12.9. The predicted octanol–water partition coefficient (Wildman–Crippen LogP) is 2.62. The van der Waals surface area contributed by atoms with Gasteiger partial charge in [0.1, 0.15) is 0 Å². The van der Waals surface area contributed by atoms with Crippen LogP contribution in [0.3, 0.4) is 0 Å². The number of carbonyl (C=O) groups is 1. The fourth-order valence-corrected chi connectivity index (χ4v) is 5.22. The van der Waals surface area contributed by atoms with Crippen LogP contribution in [0.2, 0.25) is 0 Å². The van der Waals surface area contributed by atoms with E-state index in [0.717, 1.165) is 65.1 Å². The van der Waals surface area contributed by atoms with Gasteiger partial charge < -0.3 is 10.1 Å². The Balaban J connectivity index is 1.33. The first-order valence-corrected chi connectivity index (χ1v) is 10.2. The number of pyridine rings is 1. The number of amides is 1. The number of likely N-dealkylation sites (tertiary alicyclic amines) is 1. The molecule has 5 heteroatoms. The lowest BCUT2D eigenvalue weighted by atomic mass is 9.76. The van der Waals surface area contributed by atoms with Crippen molar-refractivity contribution in [2.75, 3.05) is 32.8 Å². The Morgan fingerprint density at radius 2 is 2.19 bits per heavy atom. The summed E-state index contributed by atoms with van der Waals surface area (Å²) < 4.78 is 5.42. The SMILES string of the molecule is O=C(NCC1CCOCC1)[C@@H]1CCC[C@]12CCN(Cc1cccnc1)C2. The Morgan fingerprint density at radius 3 is 3.00 bits per heavy atom. The first kappa shape index (κ1) is 17.9. The molecular formula is C21H31N3O2. The summed E-state index contributed by atoms with van der Waals surface area (Å²) in [6.45, 7) is 5.62. The van der Waals surface area contributed by atoms with Crippen molar-refractivity contribution in [2.45, 2.75) is 45.1 Å². The largest absolute Gasteiger partial charge is 0.381 e. The lowest BCUT2D eigenvalue weighted by Gasteiger charge is -2.31. The highest BCUT2D eigenvalue weighted by atomic mass is 16.5. The third-order valence-electron chi connectivity index (χ3n) is 6.72. The van der Waals surface area contributed by atoms with Gasteiger partial charge in [0.2, 0.25) is 5.91 Å². The molecule has 142 valence electrons. The van der Waals surface area contributed by atoms with Crippen LogP contribution in [0, 0.1) is 17.3 Å². The van der Waals surface area contributed by atoms with Gasteiger partial charge >= 0.3 is 0 Å². The van der Waals surface area contributed by atoms with E-state index in [-0.39, 0.29) is 11.3 Å². The van der Waals surface area contributed by atoms with Gasteiger partial charge in [-0.05, 0) is 61.6 Å². The molecule has 0 bridgehead atoms. The summed E-state index contributed by atoms with van der Waals surface area (Å²) in [7, 11) is 0. The van der Waals surface area contributed by atoms with Crippen molar-refractivity contribution in [1.82, 2.24) is 15.2 Å². The summed E-state index contributed by atoms with van der Waals surface area (Å²) in [4.78, 5) is 19.7. The van der Waals surface area contributed by atoms with Crippen molar-refractivity contribution in [3.63, 3.8) is 0 Å². The summed E-state index contributed by atoms with van der Waals surface area (Å²) in [6.07, 6.45) is 10.5. The number of ether oxygens (including phenoxy) is 1. The lowest BCUT2D eigenvalue weighted by Crippen LogP contribution is -2.42. The van der Waals surface area contributed by atoms with E-state index in [4.69, 9.17) is 4.74 Å². The Labute approximate surface area is 156 Å². The minimum atomic E-state index is 0.196. The van der Waals surface area contributed by atoms with Crippen molar-refractivity contribution in [3.05, 3.63) is 30.1 Å². The van der Waals surface area contributed by atoms with E-state index in [1.807, 2.05) is 18.5 Å². The molecule has 26 heavy (non-hydrogen) atoms. The fraction of sp³-hybridized carbons (Fsp3) is 0.714. The molecule has 1 amide bonds. The third kappa shape index (κ3) is 3.94. The van der Waals surface area contributed by atoms with Gasteiger partial charge in [-0.15, -0.1) is 0 Å². The van der Waals surface area contributed by atoms with Gasteiger partial charge in [0.05, 0.1) is 0 Å². The number of nitrogens with one attached hydrogen (secondary N) is 1. The molecule has 2 atom stereocenters. The smallest absolute Gasteiger partial charge is 0.223 e. The van der Waals surface area contributed by atoms with Gasteiger partial charge in [0.25, 0.3) is 0 Å². The second-order valence-corrected chi connectivity index (χ2v) is 8.43. The molecule has 2 saturated heterocycles. The van der Waals surface area contributed by atoms with Crippen LogP contribution >= 0.6 is 0 Å². The topological polar surface area (TPSA) is 54.5 Å². The molecule has 3 aliphatic rings. The van der Waals surface area contributed by atoms with Crippen molar-refractivity contribution >= 4 is 5.91 Å². The maximum absolute atomic E-state index is 12.9. The zero-order valence-corrected chi connectivity index (χ0v) is 15.7. The third-order valence-corrected chi connectivity index (χ3v) is 6.72. The number of hydrogen-bond donors (Lipinski definition) is 1. The van der Waals surface area contributed by atoms with Gasteiger partial charge in [0.15, 0.2) is 0 Å². The number of hydrogen-bond acceptors (Lipinski definition) is 4. The molecular weight excluding hydrogens is 326 g/mol. The molecule has 1 aromatic heterocycles. The molecule has 0 unspecified atom stereocenters. The molecule has 1 aromatic rings. The molecule has 0 radical (unpaired) electrons. The van der Waals surface area contributed by atoms with E-state index < -0.39 is 0 Å². The second-order valence-electron chi connectivity index (χ2n) is 8.43. The number of nitrogens with zero attached hydrogens (tertiary/aromatic N) is 2. The normalized spacial score (nSPS) is 30.1. The summed E-state index contributed by atoms with van der Waals surface area (Å²) in [5, 5.41) is 3.29. The molecule has 3 heterocycles. The van der Waals surface area contributed by atoms with Crippen LogP contribution in [0.1, 0.15) is 44.1 Å².